The lowest BCUT2D eigenvalue weighted by Gasteiger charge is -2.15. The fourth-order valence-corrected chi connectivity index (χ4v) is 2.92. The first-order valence-electron chi connectivity index (χ1n) is 9.27. The Bertz CT molecular complexity index is 961. The van der Waals surface area contributed by atoms with E-state index in [1.165, 1.54) is 6.33 Å². The van der Waals surface area contributed by atoms with Crippen molar-refractivity contribution in [3.63, 3.8) is 0 Å². The molecule has 1 aliphatic rings. The van der Waals surface area contributed by atoms with E-state index in [0.717, 1.165) is 29.8 Å². The van der Waals surface area contributed by atoms with Gasteiger partial charge in [-0.1, -0.05) is 12.1 Å². The van der Waals surface area contributed by atoms with E-state index < -0.39 is 0 Å². The molecular weight excluding hydrogens is 354 g/mol. The lowest BCUT2D eigenvalue weighted by molar-refractivity contribution is -0.117. The molecule has 0 radical (unpaired) electrons. The van der Waals surface area contributed by atoms with E-state index >= 15 is 0 Å². The van der Waals surface area contributed by atoms with Gasteiger partial charge in [0.25, 0.3) is 5.91 Å². The molecule has 2 amide bonds. The van der Waals surface area contributed by atoms with Gasteiger partial charge in [0.1, 0.15) is 12.7 Å². The molecule has 7 nitrogen and oxygen atoms in total. The summed E-state index contributed by atoms with van der Waals surface area (Å²) in [5.41, 5.74) is 3.16. The SMILES string of the molecule is CC(NC(=O)c1ccc(-n2cncn2)cc1)c1ccc(NC(=O)C2CC2)cc1. The molecule has 1 fully saturated rings. The molecule has 0 bridgehead atoms. The summed E-state index contributed by atoms with van der Waals surface area (Å²) in [5, 5.41) is 9.98. The van der Waals surface area contributed by atoms with E-state index in [2.05, 4.69) is 20.7 Å². The Kier molecular flexibility index (Phi) is 4.89. The van der Waals surface area contributed by atoms with Crippen molar-refractivity contribution in [1.82, 2.24) is 20.1 Å². The van der Waals surface area contributed by atoms with Gasteiger partial charge in [0, 0.05) is 17.2 Å². The first-order chi connectivity index (χ1) is 13.6. The lowest BCUT2D eigenvalue weighted by Crippen LogP contribution is -2.26. The Morgan fingerprint density at radius 3 is 2.39 bits per heavy atom. The van der Waals surface area contributed by atoms with Crippen LogP contribution in [0.1, 0.15) is 41.7 Å². The molecule has 4 rings (SSSR count). The van der Waals surface area contributed by atoms with Crippen LogP contribution in [-0.4, -0.2) is 26.6 Å². The van der Waals surface area contributed by atoms with E-state index in [-0.39, 0.29) is 23.8 Å². The quantitative estimate of drug-likeness (QED) is 0.693. The summed E-state index contributed by atoms with van der Waals surface area (Å²) in [6.45, 7) is 1.93. The Hall–Kier alpha value is -3.48. The zero-order valence-corrected chi connectivity index (χ0v) is 15.5. The average Bonchev–Trinajstić information content (AvgIpc) is 3.43. The summed E-state index contributed by atoms with van der Waals surface area (Å²) in [6.07, 6.45) is 5.03. The number of carbonyl (C=O) groups is 2. The topological polar surface area (TPSA) is 88.9 Å². The number of carbonyl (C=O) groups excluding carboxylic acids is 2. The summed E-state index contributed by atoms with van der Waals surface area (Å²) >= 11 is 0. The van der Waals surface area contributed by atoms with Crippen molar-refractivity contribution >= 4 is 17.5 Å². The van der Waals surface area contributed by atoms with Gasteiger partial charge in [0.05, 0.1) is 11.7 Å². The van der Waals surface area contributed by atoms with Gasteiger partial charge in [0.2, 0.25) is 5.91 Å². The van der Waals surface area contributed by atoms with Crippen LogP contribution >= 0.6 is 0 Å². The fraction of sp³-hybridized carbons (Fsp3) is 0.238. The predicted octanol–water partition coefficient (Wildman–Crippen LogP) is 3.11. The van der Waals surface area contributed by atoms with Crippen LogP contribution in [0.15, 0.2) is 61.2 Å². The Morgan fingerprint density at radius 2 is 1.79 bits per heavy atom. The molecule has 1 saturated carbocycles. The zero-order chi connectivity index (χ0) is 19.5. The second-order valence-corrected chi connectivity index (χ2v) is 6.97. The monoisotopic (exact) mass is 375 g/mol. The number of rotatable bonds is 6. The molecule has 0 saturated heterocycles. The van der Waals surface area contributed by atoms with Gasteiger partial charge < -0.3 is 10.6 Å². The maximum Gasteiger partial charge on any atom is 0.251 e. The van der Waals surface area contributed by atoms with Crippen molar-refractivity contribution < 1.29 is 9.59 Å². The minimum atomic E-state index is -0.157. The van der Waals surface area contributed by atoms with Gasteiger partial charge in [-0.05, 0) is 61.7 Å². The number of aromatic nitrogens is 3. The summed E-state index contributed by atoms with van der Waals surface area (Å²) in [5.74, 6) is 0.112. The van der Waals surface area contributed by atoms with Crippen molar-refractivity contribution in [2.24, 2.45) is 5.92 Å². The second-order valence-electron chi connectivity index (χ2n) is 6.97. The lowest BCUT2D eigenvalue weighted by atomic mass is 10.1. The van der Waals surface area contributed by atoms with Gasteiger partial charge in [0.15, 0.2) is 0 Å². The maximum absolute atomic E-state index is 12.5. The van der Waals surface area contributed by atoms with Crippen LogP contribution in [0.5, 0.6) is 0 Å². The summed E-state index contributed by atoms with van der Waals surface area (Å²) in [7, 11) is 0. The van der Waals surface area contributed by atoms with E-state index in [4.69, 9.17) is 0 Å². The van der Waals surface area contributed by atoms with E-state index in [9.17, 15) is 9.59 Å². The standard InChI is InChI=1S/C21H21N5O2/c1-14(15-4-8-18(9-5-15)25-21(28)16-2-3-16)24-20(27)17-6-10-19(11-7-17)26-13-22-12-23-26/h4-14,16H,2-3H2,1H3,(H,24,27)(H,25,28). The highest BCUT2D eigenvalue weighted by molar-refractivity contribution is 5.95. The number of nitrogens with zero attached hydrogens (tertiary/aromatic N) is 3. The maximum atomic E-state index is 12.5. The second kappa shape index (κ2) is 7.64. The molecule has 1 aliphatic carbocycles. The van der Waals surface area contributed by atoms with E-state index in [1.54, 1.807) is 23.1 Å². The van der Waals surface area contributed by atoms with Gasteiger partial charge in [-0.25, -0.2) is 9.67 Å². The van der Waals surface area contributed by atoms with Gasteiger partial charge >= 0.3 is 0 Å². The van der Waals surface area contributed by atoms with Crippen LogP contribution in [0.3, 0.4) is 0 Å². The third kappa shape index (κ3) is 4.09. The molecule has 1 heterocycles. The van der Waals surface area contributed by atoms with Crippen LogP contribution < -0.4 is 10.6 Å². The first-order valence-corrected chi connectivity index (χ1v) is 9.27. The van der Waals surface area contributed by atoms with Gasteiger partial charge in [-0.15, -0.1) is 0 Å². The van der Waals surface area contributed by atoms with Crippen molar-refractivity contribution in [3.05, 3.63) is 72.3 Å². The minimum Gasteiger partial charge on any atom is -0.346 e. The molecule has 0 aliphatic heterocycles. The van der Waals surface area contributed by atoms with Crippen LogP contribution in [-0.2, 0) is 4.79 Å². The smallest absolute Gasteiger partial charge is 0.251 e. The molecule has 0 spiro atoms. The highest BCUT2D eigenvalue weighted by Gasteiger charge is 2.29. The van der Waals surface area contributed by atoms with Crippen LogP contribution in [0.25, 0.3) is 5.69 Å². The molecule has 142 valence electrons. The van der Waals surface area contributed by atoms with Gasteiger partial charge in [-0.2, -0.15) is 5.10 Å². The molecule has 2 aromatic carbocycles. The third-order valence-electron chi connectivity index (χ3n) is 4.79. The average molecular weight is 375 g/mol. The van der Waals surface area contributed by atoms with E-state index in [0.29, 0.717) is 5.56 Å². The highest BCUT2D eigenvalue weighted by Crippen LogP contribution is 2.30. The Morgan fingerprint density at radius 1 is 1.07 bits per heavy atom. The summed E-state index contributed by atoms with van der Waals surface area (Å²) in [6, 6.07) is 14.6. The molecule has 3 aromatic rings. The highest BCUT2D eigenvalue weighted by atomic mass is 16.2. The Labute approximate surface area is 162 Å². The van der Waals surface area contributed by atoms with Crippen molar-refractivity contribution in [2.75, 3.05) is 5.32 Å². The van der Waals surface area contributed by atoms with Crippen LogP contribution in [0.2, 0.25) is 0 Å². The first kappa shape index (κ1) is 17.9. The van der Waals surface area contributed by atoms with Crippen molar-refractivity contribution in [2.45, 2.75) is 25.8 Å². The number of hydrogen-bond acceptors (Lipinski definition) is 4. The summed E-state index contributed by atoms with van der Waals surface area (Å²) in [4.78, 5) is 28.2. The fourth-order valence-electron chi connectivity index (χ4n) is 2.92. The molecular formula is C21H21N5O2. The molecule has 2 N–H and O–H groups in total. The number of amides is 2. The number of hydrogen-bond donors (Lipinski definition) is 2. The molecule has 1 atom stereocenters. The van der Waals surface area contributed by atoms with Crippen LogP contribution in [0, 0.1) is 5.92 Å². The Balaban J connectivity index is 1.36. The van der Waals surface area contributed by atoms with Crippen molar-refractivity contribution in [3.8, 4) is 5.69 Å². The normalized spacial score (nSPS) is 14.3. The van der Waals surface area contributed by atoms with Gasteiger partial charge in [-0.3, -0.25) is 9.59 Å². The van der Waals surface area contributed by atoms with Crippen LogP contribution in [0.4, 0.5) is 5.69 Å². The number of benzene rings is 2. The molecule has 28 heavy (non-hydrogen) atoms. The predicted molar refractivity (Wildman–Crippen MR) is 105 cm³/mol. The number of anilines is 1. The molecule has 7 heteroatoms. The zero-order valence-electron chi connectivity index (χ0n) is 15.5. The summed E-state index contributed by atoms with van der Waals surface area (Å²) < 4.78 is 1.63. The third-order valence-corrected chi connectivity index (χ3v) is 4.79. The van der Waals surface area contributed by atoms with Crippen molar-refractivity contribution in [1.29, 1.82) is 0 Å². The number of nitrogens with one attached hydrogen (secondary N) is 2. The largest absolute Gasteiger partial charge is 0.346 e. The molecule has 1 unspecified atom stereocenters. The minimum absolute atomic E-state index is 0.0865. The van der Waals surface area contributed by atoms with E-state index in [1.807, 2.05) is 43.3 Å². The molecule has 1 aromatic heterocycles.